The van der Waals surface area contributed by atoms with Crippen molar-refractivity contribution in [2.75, 3.05) is 18.9 Å². The van der Waals surface area contributed by atoms with E-state index in [0.29, 0.717) is 6.42 Å². The average Bonchev–Trinajstić information content (AvgIpc) is 2.25. The van der Waals surface area contributed by atoms with Crippen LogP contribution in [0.15, 0.2) is 22.7 Å². The van der Waals surface area contributed by atoms with Gasteiger partial charge in [0, 0.05) is 16.6 Å². The number of halogens is 2. The molecule has 5 heteroatoms. The first-order chi connectivity index (χ1) is 7.65. The lowest BCUT2D eigenvalue weighted by Crippen LogP contribution is -2.15. The second-order valence-electron chi connectivity index (χ2n) is 3.67. The zero-order valence-electron chi connectivity index (χ0n) is 10.0. The standard InChI is InChI=1S/C12H17BrN2O.ClH/c1-9-10(13)5-3-6-11(9)15-12(16)7-4-8-14-2;/h3,5-6,14H,4,7-8H2,1-2H3,(H,15,16);1H. The summed E-state index contributed by atoms with van der Waals surface area (Å²) in [5.41, 5.74) is 1.94. The second-order valence-corrected chi connectivity index (χ2v) is 4.52. The van der Waals surface area contributed by atoms with Crippen LogP contribution in [0, 0.1) is 6.92 Å². The van der Waals surface area contributed by atoms with Crippen molar-refractivity contribution in [3.05, 3.63) is 28.2 Å². The lowest BCUT2D eigenvalue weighted by Gasteiger charge is -2.09. The van der Waals surface area contributed by atoms with E-state index in [4.69, 9.17) is 0 Å². The van der Waals surface area contributed by atoms with Crippen LogP contribution in [-0.4, -0.2) is 19.5 Å². The molecule has 0 heterocycles. The Balaban J connectivity index is 0.00000256. The minimum atomic E-state index is 0. The van der Waals surface area contributed by atoms with Gasteiger partial charge in [-0.2, -0.15) is 0 Å². The zero-order valence-corrected chi connectivity index (χ0v) is 12.5. The Morgan fingerprint density at radius 1 is 1.41 bits per heavy atom. The van der Waals surface area contributed by atoms with Crippen LogP contribution < -0.4 is 10.6 Å². The molecule has 0 saturated carbocycles. The maximum Gasteiger partial charge on any atom is 0.224 e. The molecule has 0 aliphatic rings. The fraction of sp³-hybridized carbons (Fsp3) is 0.417. The highest BCUT2D eigenvalue weighted by atomic mass is 79.9. The van der Waals surface area contributed by atoms with Gasteiger partial charge >= 0.3 is 0 Å². The third-order valence-corrected chi connectivity index (χ3v) is 3.23. The molecule has 0 unspecified atom stereocenters. The van der Waals surface area contributed by atoms with Crippen molar-refractivity contribution in [3.8, 4) is 0 Å². The fourth-order valence-electron chi connectivity index (χ4n) is 1.38. The van der Waals surface area contributed by atoms with Crippen LogP contribution >= 0.6 is 28.3 Å². The van der Waals surface area contributed by atoms with Gasteiger partial charge in [-0.1, -0.05) is 22.0 Å². The lowest BCUT2D eigenvalue weighted by molar-refractivity contribution is -0.116. The van der Waals surface area contributed by atoms with E-state index in [-0.39, 0.29) is 18.3 Å². The first kappa shape index (κ1) is 16.4. The van der Waals surface area contributed by atoms with Crippen molar-refractivity contribution < 1.29 is 4.79 Å². The molecule has 0 aliphatic carbocycles. The summed E-state index contributed by atoms with van der Waals surface area (Å²) in [6.07, 6.45) is 1.40. The van der Waals surface area contributed by atoms with Gasteiger partial charge in [0.2, 0.25) is 5.91 Å². The largest absolute Gasteiger partial charge is 0.326 e. The van der Waals surface area contributed by atoms with E-state index in [9.17, 15) is 4.79 Å². The van der Waals surface area contributed by atoms with Gasteiger partial charge in [0.05, 0.1) is 0 Å². The van der Waals surface area contributed by atoms with Crippen molar-refractivity contribution in [3.63, 3.8) is 0 Å². The van der Waals surface area contributed by atoms with Crippen LogP contribution in [0.25, 0.3) is 0 Å². The Hall–Kier alpha value is -0.580. The Morgan fingerprint density at radius 3 is 2.76 bits per heavy atom. The van der Waals surface area contributed by atoms with Gasteiger partial charge in [-0.05, 0) is 44.6 Å². The summed E-state index contributed by atoms with van der Waals surface area (Å²) >= 11 is 3.44. The number of nitrogens with one attached hydrogen (secondary N) is 2. The van der Waals surface area contributed by atoms with Crippen molar-refractivity contribution in [2.24, 2.45) is 0 Å². The van der Waals surface area contributed by atoms with Crippen molar-refractivity contribution >= 4 is 39.9 Å². The number of hydrogen-bond acceptors (Lipinski definition) is 2. The topological polar surface area (TPSA) is 41.1 Å². The summed E-state index contributed by atoms with van der Waals surface area (Å²) in [6.45, 7) is 2.85. The molecular weight excluding hydrogens is 304 g/mol. The fourth-order valence-corrected chi connectivity index (χ4v) is 1.75. The molecule has 2 N–H and O–H groups in total. The molecule has 1 aromatic rings. The van der Waals surface area contributed by atoms with Crippen molar-refractivity contribution in [2.45, 2.75) is 19.8 Å². The van der Waals surface area contributed by atoms with Gasteiger partial charge < -0.3 is 10.6 Å². The molecule has 0 radical (unpaired) electrons. The minimum Gasteiger partial charge on any atom is -0.326 e. The van der Waals surface area contributed by atoms with E-state index in [2.05, 4.69) is 26.6 Å². The van der Waals surface area contributed by atoms with Crippen LogP contribution in [0.2, 0.25) is 0 Å². The van der Waals surface area contributed by atoms with Crippen LogP contribution in [-0.2, 0) is 4.79 Å². The number of hydrogen-bond donors (Lipinski definition) is 2. The molecule has 0 saturated heterocycles. The monoisotopic (exact) mass is 320 g/mol. The van der Waals surface area contributed by atoms with Crippen molar-refractivity contribution in [1.29, 1.82) is 0 Å². The molecule has 1 amide bonds. The van der Waals surface area contributed by atoms with Crippen molar-refractivity contribution in [1.82, 2.24) is 5.32 Å². The number of anilines is 1. The Kier molecular flexibility index (Phi) is 8.21. The molecule has 0 spiro atoms. The lowest BCUT2D eigenvalue weighted by atomic mass is 10.2. The van der Waals surface area contributed by atoms with E-state index >= 15 is 0 Å². The summed E-state index contributed by atoms with van der Waals surface area (Å²) in [7, 11) is 1.89. The van der Waals surface area contributed by atoms with Gasteiger partial charge in [-0.15, -0.1) is 12.4 Å². The van der Waals surface area contributed by atoms with Crippen LogP contribution in [0.5, 0.6) is 0 Å². The summed E-state index contributed by atoms with van der Waals surface area (Å²) < 4.78 is 1.01. The number of amides is 1. The predicted octanol–water partition coefficient (Wildman–Crippen LogP) is 3.12. The van der Waals surface area contributed by atoms with Gasteiger partial charge in [0.15, 0.2) is 0 Å². The number of rotatable bonds is 5. The highest BCUT2D eigenvalue weighted by Crippen LogP contribution is 2.23. The molecule has 17 heavy (non-hydrogen) atoms. The van der Waals surface area contributed by atoms with Crippen LogP contribution in [0.1, 0.15) is 18.4 Å². The molecule has 0 aromatic heterocycles. The first-order valence-corrected chi connectivity index (χ1v) is 6.14. The molecule has 3 nitrogen and oxygen atoms in total. The van der Waals surface area contributed by atoms with Gasteiger partial charge in [-0.3, -0.25) is 4.79 Å². The normalized spacial score (nSPS) is 9.59. The van der Waals surface area contributed by atoms with Gasteiger partial charge in [0.1, 0.15) is 0 Å². The summed E-state index contributed by atoms with van der Waals surface area (Å²) in [6, 6.07) is 5.79. The van der Waals surface area contributed by atoms with Gasteiger partial charge in [0.25, 0.3) is 0 Å². The van der Waals surface area contributed by atoms with E-state index in [1.165, 1.54) is 0 Å². The summed E-state index contributed by atoms with van der Waals surface area (Å²) in [5, 5.41) is 5.93. The first-order valence-electron chi connectivity index (χ1n) is 5.34. The van der Waals surface area contributed by atoms with E-state index in [0.717, 1.165) is 28.7 Å². The number of carbonyl (C=O) groups excluding carboxylic acids is 1. The highest BCUT2D eigenvalue weighted by Gasteiger charge is 2.05. The maximum absolute atomic E-state index is 11.6. The SMILES string of the molecule is CNCCCC(=O)Nc1cccc(Br)c1C.Cl. The molecule has 0 atom stereocenters. The smallest absolute Gasteiger partial charge is 0.224 e. The summed E-state index contributed by atoms with van der Waals surface area (Å²) in [4.78, 5) is 11.6. The molecular formula is C12H18BrClN2O. The molecule has 96 valence electrons. The Labute approximate surface area is 117 Å². The predicted molar refractivity (Wildman–Crippen MR) is 77.9 cm³/mol. The van der Waals surface area contributed by atoms with E-state index in [1.54, 1.807) is 0 Å². The Bertz CT molecular complexity index is 372. The molecule has 1 aromatic carbocycles. The minimum absolute atomic E-state index is 0. The van der Waals surface area contributed by atoms with Crippen LogP contribution in [0.4, 0.5) is 5.69 Å². The molecule has 0 bridgehead atoms. The molecule has 0 fully saturated rings. The maximum atomic E-state index is 11.6. The van der Waals surface area contributed by atoms with Crippen LogP contribution in [0.3, 0.4) is 0 Å². The number of carbonyl (C=O) groups is 1. The quantitative estimate of drug-likeness (QED) is 0.818. The average molecular weight is 322 g/mol. The van der Waals surface area contributed by atoms with Gasteiger partial charge in [-0.25, -0.2) is 0 Å². The van der Waals surface area contributed by atoms with E-state index < -0.39 is 0 Å². The van der Waals surface area contributed by atoms with E-state index in [1.807, 2.05) is 32.2 Å². The third-order valence-electron chi connectivity index (χ3n) is 2.37. The molecule has 0 aliphatic heterocycles. The highest BCUT2D eigenvalue weighted by molar-refractivity contribution is 9.10. The molecule has 1 rings (SSSR count). The number of benzene rings is 1. The second kappa shape index (κ2) is 8.50. The Morgan fingerprint density at radius 2 is 2.12 bits per heavy atom. The summed E-state index contributed by atoms with van der Waals surface area (Å²) in [5.74, 6) is 0.0662. The zero-order chi connectivity index (χ0) is 12.0. The third kappa shape index (κ3) is 5.52.